The fourth-order valence-electron chi connectivity index (χ4n) is 4.47. The highest BCUT2D eigenvalue weighted by Gasteiger charge is 2.37. The van der Waals surface area contributed by atoms with Crippen molar-refractivity contribution in [2.24, 2.45) is 0 Å². The van der Waals surface area contributed by atoms with Crippen molar-refractivity contribution < 1.29 is 27.1 Å². The summed E-state index contributed by atoms with van der Waals surface area (Å²) < 4.78 is 51.1. The Morgan fingerprint density at radius 3 is 2.51 bits per heavy atom. The van der Waals surface area contributed by atoms with Crippen molar-refractivity contribution in [3.05, 3.63) is 83.6 Å². The van der Waals surface area contributed by atoms with Gasteiger partial charge in [0.15, 0.2) is 0 Å². The van der Waals surface area contributed by atoms with Crippen LogP contribution in [0.1, 0.15) is 55.7 Å². The zero-order valence-electron chi connectivity index (χ0n) is 19.6. The van der Waals surface area contributed by atoms with Crippen LogP contribution < -0.4 is 0 Å². The average Bonchev–Trinajstić information content (AvgIpc) is 3.23. The summed E-state index contributed by atoms with van der Waals surface area (Å²) in [5.41, 5.74) is 1.39. The number of para-hydroxylation sites is 1. The predicted octanol–water partition coefficient (Wildman–Crippen LogP) is 6.84. The van der Waals surface area contributed by atoms with Gasteiger partial charge in [-0.3, -0.25) is 9.69 Å². The molecular weight excluding hydrogens is 455 g/mol. The Kier molecular flexibility index (Phi) is 7.04. The van der Waals surface area contributed by atoms with Gasteiger partial charge >= 0.3 is 12.1 Å². The van der Waals surface area contributed by atoms with E-state index in [-0.39, 0.29) is 18.1 Å². The predicted molar refractivity (Wildman–Crippen MR) is 127 cm³/mol. The normalized spacial score (nSPS) is 19.6. The second-order valence-corrected chi connectivity index (χ2v) is 8.77. The van der Waals surface area contributed by atoms with E-state index in [9.17, 15) is 18.0 Å². The molecule has 0 aliphatic carbocycles. The number of esters is 1. The third kappa shape index (κ3) is 5.77. The number of hydrogen-bond donors (Lipinski definition) is 0. The second kappa shape index (κ2) is 10.0. The minimum atomic E-state index is -4.42. The first-order valence-electron chi connectivity index (χ1n) is 11.4. The summed E-state index contributed by atoms with van der Waals surface area (Å²) in [5, 5.41) is 0.936. The lowest BCUT2D eigenvalue weighted by Crippen LogP contribution is -2.42. The van der Waals surface area contributed by atoms with Crippen LogP contribution >= 0.6 is 0 Å². The summed E-state index contributed by atoms with van der Waals surface area (Å²) in [5.74, 6) is 6.56. The van der Waals surface area contributed by atoms with Crippen LogP contribution in [-0.4, -0.2) is 23.5 Å². The van der Waals surface area contributed by atoms with Crippen LogP contribution in [0, 0.1) is 11.8 Å². The number of furan rings is 1. The maximum absolute atomic E-state index is 13.2. The van der Waals surface area contributed by atoms with Crippen molar-refractivity contribution in [1.82, 2.24) is 4.90 Å². The molecule has 0 unspecified atom stereocenters. The third-order valence-corrected chi connectivity index (χ3v) is 6.02. The fraction of sp³-hybridized carbons (Fsp3) is 0.321. The van der Waals surface area contributed by atoms with Crippen LogP contribution in [0.2, 0.25) is 0 Å². The standard InChI is InChI=1S/C28H26F3NO3/c1-18(2)8-13-24(27-16-21-6-4-5-7-26(21)35-27)32-15-14-23(34-19(3)33)17-25(32)20-9-11-22(12-10-20)28(29,30)31/h4-7,9-12,16,23-25H,1,14-15,17H2,2-3H3/t23-,24-,25+/m1/s1. The van der Waals surface area contributed by atoms with E-state index < -0.39 is 17.8 Å². The highest BCUT2D eigenvalue weighted by Crippen LogP contribution is 2.40. The summed E-state index contributed by atoms with van der Waals surface area (Å²) in [6, 6.07) is 13.9. The first-order valence-corrected chi connectivity index (χ1v) is 11.4. The van der Waals surface area contributed by atoms with Crippen molar-refractivity contribution in [2.75, 3.05) is 6.54 Å². The minimum absolute atomic E-state index is 0.340. The maximum Gasteiger partial charge on any atom is 0.416 e. The number of alkyl halides is 3. The number of nitrogens with zero attached hydrogens (tertiary/aromatic N) is 1. The van der Waals surface area contributed by atoms with Crippen LogP contribution in [0.3, 0.4) is 0 Å². The van der Waals surface area contributed by atoms with Crippen LogP contribution in [0.5, 0.6) is 0 Å². The number of benzene rings is 2. The number of rotatable bonds is 4. The molecule has 7 heteroatoms. The molecular formula is C28H26F3NO3. The number of hydrogen-bond acceptors (Lipinski definition) is 4. The van der Waals surface area contributed by atoms with E-state index in [0.717, 1.165) is 23.1 Å². The van der Waals surface area contributed by atoms with Crippen molar-refractivity contribution in [1.29, 1.82) is 0 Å². The molecule has 2 heterocycles. The molecule has 1 aliphatic rings. The van der Waals surface area contributed by atoms with E-state index >= 15 is 0 Å². The Hall–Kier alpha value is -3.50. The molecule has 0 radical (unpaired) electrons. The van der Waals surface area contributed by atoms with Crippen molar-refractivity contribution >= 4 is 16.9 Å². The van der Waals surface area contributed by atoms with Gasteiger partial charge in [-0.15, -0.1) is 0 Å². The Bertz CT molecular complexity index is 1250. The van der Waals surface area contributed by atoms with E-state index in [1.807, 2.05) is 37.3 Å². The fourth-order valence-corrected chi connectivity index (χ4v) is 4.47. The Morgan fingerprint density at radius 2 is 1.89 bits per heavy atom. The Balaban J connectivity index is 1.76. The number of carbonyl (C=O) groups is 1. The SMILES string of the molecule is C=C(C)C#C[C@H](c1cc2ccccc2o1)N1CC[C@@H](OC(C)=O)C[C@H]1c1ccc(C(F)(F)F)cc1. The molecule has 4 rings (SSSR count). The molecule has 35 heavy (non-hydrogen) atoms. The number of carbonyl (C=O) groups excluding carboxylic acids is 1. The summed E-state index contributed by atoms with van der Waals surface area (Å²) in [7, 11) is 0. The van der Waals surface area contributed by atoms with Gasteiger partial charge in [-0.2, -0.15) is 13.2 Å². The lowest BCUT2D eigenvalue weighted by atomic mass is 9.90. The van der Waals surface area contributed by atoms with Crippen LogP contribution in [0.4, 0.5) is 13.2 Å². The van der Waals surface area contributed by atoms with Gasteiger partial charge in [-0.25, -0.2) is 0 Å². The van der Waals surface area contributed by atoms with Gasteiger partial charge in [-0.1, -0.05) is 48.8 Å². The number of allylic oxidation sites excluding steroid dienone is 1. The lowest BCUT2D eigenvalue weighted by molar-refractivity contribution is -0.150. The van der Waals surface area contributed by atoms with Gasteiger partial charge in [-0.05, 0) is 48.7 Å². The lowest BCUT2D eigenvalue weighted by Gasteiger charge is -2.41. The van der Waals surface area contributed by atoms with E-state index in [2.05, 4.69) is 23.3 Å². The van der Waals surface area contributed by atoms with Gasteiger partial charge in [0.25, 0.3) is 0 Å². The molecule has 1 fully saturated rings. The van der Waals surface area contributed by atoms with Gasteiger partial charge in [0.05, 0.1) is 5.56 Å². The maximum atomic E-state index is 13.2. The first kappa shape index (κ1) is 24.6. The van der Waals surface area contributed by atoms with Crippen LogP contribution in [-0.2, 0) is 15.7 Å². The molecule has 1 aliphatic heterocycles. The zero-order valence-corrected chi connectivity index (χ0v) is 19.6. The molecule has 1 aromatic heterocycles. The Labute approximate surface area is 202 Å². The van der Waals surface area contributed by atoms with Crippen LogP contribution in [0.25, 0.3) is 11.0 Å². The summed E-state index contributed by atoms with van der Waals surface area (Å²) in [4.78, 5) is 13.7. The molecule has 0 spiro atoms. The first-order chi connectivity index (χ1) is 16.6. The van der Waals surface area contributed by atoms with Gasteiger partial charge in [0.1, 0.15) is 23.5 Å². The molecule has 1 saturated heterocycles. The van der Waals surface area contributed by atoms with Crippen molar-refractivity contribution in [3.8, 4) is 11.8 Å². The summed E-state index contributed by atoms with van der Waals surface area (Å²) in [6.07, 6.45) is -3.77. The molecule has 182 valence electrons. The monoisotopic (exact) mass is 481 g/mol. The van der Waals surface area contributed by atoms with E-state index in [1.165, 1.54) is 19.1 Å². The largest absolute Gasteiger partial charge is 0.462 e. The minimum Gasteiger partial charge on any atom is -0.462 e. The van der Waals surface area contributed by atoms with Crippen molar-refractivity contribution in [3.63, 3.8) is 0 Å². The van der Waals surface area contributed by atoms with E-state index in [4.69, 9.17) is 9.15 Å². The molecule has 0 amide bonds. The molecule has 3 atom stereocenters. The molecule has 0 N–H and O–H groups in total. The zero-order chi connectivity index (χ0) is 25.2. The highest BCUT2D eigenvalue weighted by atomic mass is 19.4. The van der Waals surface area contributed by atoms with Gasteiger partial charge in [0.2, 0.25) is 0 Å². The number of piperidine rings is 1. The highest BCUT2D eigenvalue weighted by molar-refractivity contribution is 5.78. The van der Waals surface area contributed by atoms with Crippen LogP contribution in [0.15, 0.2) is 71.2 Å². The Morgan fingerprint density at radius 1 is 1.17 bits per heavy atom. The number of fused-ring (bicyclic) bond motifs is 1. The van der Waals surface area contributed by atoms with Gasteiger partial charge in [0, 0.05) is 31.3 Å². The molecule has 4 nitrogen and oxygen atoms in total. The molecule has 0 bridgehead atoms. The second-order valence-electron chi connectivity index (χ2n) is 8.77. The van der Waals surface area contributed by atoms with Crippen molar-refractivity contribution in [2.45, 2.75) is 51.1 Å². The smallest absolute Gasteiger partial charge is 0.416 e. The molecule has 2 aromatic carbocycles. The van der Waals surface area contributed by atoms with Gasteiger partial charge < -0.3 is 9.15 Å². The quantitative estimate of drug-likeness (QED) is 0.302. The average molecular weight is 482 g/mol. The number of ether oxygens (including phenoxy) is 1. The number of likely N-dealkylation sites (tertiary alicyclic amines) is 1. The summed E-state index contributed by atoms with van der Waals surface area (Å²) >= 11 is 0. The number of halogens is 3. The summed E-state index contributed by atoms with van der Waals surface area (Å²) in [6.45, 7) is 7.55. The van der Waals surface area contributed by atoms with E-state index in [0.29, 0.717) is 36.3 Å². The topological polar surface area (TPSA) is 42.7 Å². The van der Waals surface area contributed by atoms with E-state index in [1.54, 1.807) is 0 Å². The molecule has 3 aromatic rings. The third-order valence-electron chi connectivity index (χ3n) is 6.02. The molecule has 0 saturated carbocycles.